The Morgan fingerprint density at radius 1 is 1.26 bits per heavy atom. The molecule has 0 saturated carbocycles. The van der Waals surface area contributed by atoms with Crippen LogP contribution in [0.15, 0.2) is 12.1 Å². The number of pyridine rings is 1. The summed E-state index contributed by atoms with van der Waals surface area (Å²) < 4.78 is 4.67. The number of fused-ring (bicyclic) bond motifs is 1. The van der Waals surface area contributed by atoms with Gasteiger partial charge in [0.15, 0.2) is 0 Å². The lowest BCUT2D eigenvalue weighted by Crippen LogP contribution is -2.06. The fourth-order valence-electron chi connectivity index (χ4n) is 1.89. The number of hydrogen-bond donors (Lipinski definition) is 0. The van der Waals surface area contributed by atoms with Crippen LogP contribution in [0.4, 0.5) is 0 Å². The minimum absolute atomic E-state index is 0.0900. The van der Waals surface area contributed by atoms with Gasteiger partial charge >= 0.3 is 5.97 Å². The monoisotopic (exact) mass is 317 g/mol. The maximum Gasteiger partial charge on any atom is 0.310 e. The summed E-state index contributed by atoms with van der Waals surface area (Å²) in [5.41, 5.74) is 1.98. The van der Waals surface area contributed by atoms with Gasteiger partial charge in [0.1, 0.15) is 0 Å². The van der Waals surface area contributed by atoms with Gasteiger partial charge in [0.25, 0.3) is 0 Å². The topological polar surface area (TPSA) is 39.2 Å². The van der Waals surface area contributed by atoms with E-state index in [4.69, 9.17) is 34.8 Å². The number of nitrogens with zero attached hydrogens (tertiary/aromatic N) is 1. The van der Waals surface area contributed by atoms with Crippen LogP contribution in [0.2, 0.25) is 15.1 Å². The number of methoxy groups -OCH3 is 1. The van der Waals surface area contributed by atoms with Crippen LogP contribution in [-0.2, 0) is 16.0 Å². The zero-order valence-electron chi connectivity index (χ0n) is 10.3. The zero-order valence-corrected chi connectivity index (χ0v) is 12.5. The first-order valence-electron chi connectivity index (χ1n) is 5.44. The van der Waals surface area contributed by atoms with Crippen LogP contribution in [0.1, 0.15) is 11.3 Å². The molecule has 0 radical (unpaired) electrons. The van der Waals surface area contributed by atoms with Crippen molar-refractivity contribution in [3.05, 3.63) is 38.5 Å². The maximum absolute atomic E-state index is 11.5. The highest BCUT2D eigenvalue weighted by Crippen LogP contribution is 2.37. The van der Waals surface area contributed by atoms with E-state index in [0.29, 0.717) is 31.5 Å². The van der Waals surface area contributed by atoms with Crippen molar-refractivity contribution in [3.63, 3.8) is 0 Å². The smallest absolute Gasteiger partial charge is 0.310 e. The summed E-state index contributed by atoms with van der Waals surface area (Å²) in [6, 6.07) is 3.32. The van der Waals surface area contributed by atoms with Crippen molar-refractivity contribution in [1.82, 2.24) is 4.98 Å². The summed E-state index contributed by atoms with van der Waals surface area (Å²) in [6.07, 6.45) is 0.0900. The Bertz CT molecular complexity index is 671. The van der Waals surface area contributed by atoms with Crippen LogP contribution in [0.25, 0.3) is 10.9 Å². The summed E-state index contributed by atoms with van der Waals surface area (Å²) in [5.74, 6) is -0.362. The molecule has 0 fully saturated rings. The van der Waals surface area contributed by atoms with Crippen molar-refractivity contribution in [2.75, 3.05) is 7.11 Å². The van der Waals surface area contributed by atoms with Crippen LogP contribution in [0, 0.1) is 6.92 Å². The average molecular weight is 319 g/mol. The van der Waals surface area contributed by atoms with Crippen molar-refractivity contribution in [3.8, 4) is 0 Å². The lowest BCUT2D eigenvalue weighted by atomic mass is 10.0. The summed E-state index contributed by atoms with van der Waals surface area (Å²) in [7, 11) is 1.33. The van der Waals surface area contributed by atoms with Crippen molar-refractivity contribution < 1.29 is 9.53 Å². The van der Waals surface area contributed by atoms with Gasteiger partial charge in [-0.05, 0) is 24.6 Å². The van der Waals surface area contributed by atoms with E-state index in [1.165, 1.54) is 7.11 Å². The third kappa shape index (κ3) is 2.78. The standard InChI is InChI=1S/C13H10Cl3NO2/c1-6-3-7(4-10(18)19-2)11-12(16)8(14)5-9(15)13(11)17-6/h3,5H,4H2,1-2H3. The Kier molecular flexibility index (Phi) is 4.19. The van der Waals surface area contributed by atoms with Crippen LogP contribution in [-0.4, -0.2) is 18.1 Å². The molecule has 0 atom stereocenters. The van der Waals surface area contributed by atoms with Gasteiger partial charge in [-0.3, -0.25) is 9.78 Å². The van der Waals surface area contributed by atoms with Gasteiger partial charge in [0, 0.05) is 11.1 Å². The van der Waals surface area contributed by atoms with Crippen LogP contribution < -0.4 is 0 Å². The van der Waals surface area contributed by atoms with E-state index in [-0.39, 0.29) is 12.4 Å². The Morgan fingerprint density at radius 2 is 1.95 bits per heavy atom. The number of rotatable bonds is 2. The number of halogens is 3. The second kappa shape index (κ2) is 5.53. The normalized spacial score (nSPS) is 10.8. The minimum Gasteiger partial charge on any atom is -0.469 e. The molecule has 0 saturated heterocycles. The van der Waals surface area contributed by atoms with Gasteiger partial charge in [0.2, 0.25) is 0 Å². The summed E-state index contributed by atoms with van der Waals surface area (Å²) in [6.45, 7) is 1.82. The highest BCUT2D eigenvalue weighted by molar-refractivity contribution is 6.47. The van der Waals surface area contributed by atoms with Crippen LogP contribution >= 0.6 is 34.8 Å². The first-order chi connectivity index (χ1) is 8.93. The van der Waals surface area contributed by atoms with Crippen molar-refractivity contribution in [2.45, 2.75) is 13.3 Å². The Balaban J connectivity index is 2.78. The number of carbonyl (C=O) groups excluding carboxylic acids is 1. The molecular weight excluding hydrogens is 309 g/mol. The number of carbonyl (C=O) groups is 1. The van der Waals surface area contributed by atoms with E-state index in [0.717, 1.165) is 5.69 Å². The third-order valence-corrected chi connectivity index (χ3v) is 3.78. The molecule has 1 aromatic carbocycles. The molecule has 0 aliphatic carbocycles. The van der Waals surface area contributed by atoms with Crippen molar-refractivity contribution in [1.29, 1.82) is 0 Å². The molecule has 0 aliphatic rings. The fraction of sp³-hybridized carbons (Fsp3) is 0.231. The van der Waals surface area contributed by atoms with E-state index >= 15 is 0 Å². The van der Waals surface area contributed by atoms with Gasteiger partial charge in [-0.25, -0.2) is 0 Å². The molecule has 0 spiro atoms. The quantitative estimate of drug-likeness (QED) is 0.615. The molecule has 2 rings (SSSR count). The molecule has 0 bridgehead atoms. The first-order valence-corrected chi connectivity index (χ1v) is 6.58. The minimum atomic E-state index is -0.362. The SMILES string of the molecule is COC(=O)Cc1cc(C)nc2c(Cl)cc(Cl)c(Cl)c12. The largest absolute Gasteiger partial charge is 0.469 e. The van der Waals surface area contributed by atoms with E-state index in [9.17, 15) is 4.79 Å². The lowest BCUT2D eigenvalue weighted by molar-refractivity contribution is -0.139. The van der Waals surface area contributed by atoms with Crippen molar-refractivity contribution >= 4 is 51.7 Å². The maximum atomic E-state index is 11.5. The third-order valence-electron chi connectivity index (χ3n) is 2.70. The molecule has 0 amide bonds. The number of aromatic nitrogens is 1. The molecule has 0 aliphatic heterocycles. The Labute approximate surface area is 125 Å². The van der Waals surface area contributed by atoms with Gasteiger partial charge in [-0.1, -0.05) is 34.8 Å². The van der Waals surface area contributed by atoms with Gasteiger partial charge in [-0.2, -0.15) is 0 Å². The zero-order chi connectivity index (χ0) is 14.2. The first kappa shape index (κ1) is 14.4. The predicted molar refractivity (Wildman–Crippen MR) is 77.2 cm³/mol. The van der Waals surface area contributed by atoms with E-state index < -0.39 is 0 Å². The fourth-order valence-corrected chi connectivity index (χ4v) is 2.66. The van der Waals surface area contributed by atoms with E-state index in [2.05, 4.69) is 9.72 Å². The predicted octanol–water partition coefficient (Wildman–Crippen LogP) is 4.22. The molecule has 1 aromatic heterocycles. The number of hydrogen-bond acceptors (Lipinski definition) is 3. The molecule has 100 valence electrons. The van der Waals surface area contributed by atoms with Gasteiger partial charge in [0.05, 0.1) is 34.1 Å². The van der Waals surface area contributed by atoms with Crippen LogP contribution in [0.5, 0.6) is 0 Å². The van der Waals surface area contributed by atoms with E-state index in [1.54, 1.807) is 12.1 Å². The Hall–Kier alpha value is -1.03. The number of aryl methyl sites for hydroxylation is 1. The molecule has 0 N–H and O–H groups in total. The molecular formula is C13H10Cl3NO2. The molecule has 0 unspecified atom stereocenters. The molecule has 1 heterocycles. The molecule has 3 nitrogen and oxygen atoms in total. The summed E-state index contributed by atoms with van der Waals surface area (Å²) in [4.78, 5) is 15.8. The molecule has 19 heavy (non-hydrogen) atoms. The Morgan fingerprint density at radius 3 is 2.58 bits per heavy atom. The molecule has 2 aromatic rings. The molecule has 6 heteroatoms. The second-order valence-corrected chi connectivity index (χ2v) is 5.25. The van der Waals surface area contributed by atoms with Gasteiger partial charge in [-0.15, -0.1) is 0 Å². The number of benzene rings is 1. The van der Waals surface area contributed by atoms with Crippen LogP contribution in [0.3, 0.4) is 0 Å². The highest BCUT2D eigenvalue weighted by atomic mass is 35.5. The van der Waals surface area contributed by atoms with Crippen molar-refractivity contribution in [2.24, 2.45) is 0 Å². The number of esters is 1. The van der Waals surface area contributed by atoms with E-state index in [1.807, 2.05) is 6.92 Å². The summed E-state index contributed by atoms with van der Waals surface area (Å²) in [5, 5.41) is 1.66. The lowest BCUT2D eigenvalue weighted by Gasteiger charge is -2.11. The average Bonchev–Trinajstić information content (AvgIpc) is 2.35. The van der Waals surface area contributed by atoms with Gasteiger partial charge < -0.3 is 4.74 Å². The highest BCUT2D eigenvalue weighted by Gasteiger charge is 2.16. The number of ether oxygens (including phenoxy) is 1. The summed E-state index contributed by atoms with van der Waals surface area (Å²) >= 11 is 18.3. The second-order valence-electron chi connectivity index (χ2n) is 4.05.